The third kappa shape index (κ3) is 3.96. The van der Waals surface area contributed by atoms with E-state index in [1.807, 2.05) is 12.1 Å². The van der Waals surface area contributed by atoms with E-state index in [2.05, 4.69) is 41.9 Å². The fourth-order valence-electron chi connectivity index (χ4n) is 1.70. The standard InChI is InChI=1S/C13H19BrO/c1-3-10(2)8-12(9-15)11-4-6-13(14)7-5-11/h4-7,10,12,15H,3,8-9H2,1-2H3. The SMILES string of the molecule is CCC(C)CC(CO)c1ccc(Br)cc1. The number of benzene rings is 1. The van der Waals surface area contributed by atoms with E-state index < -0.39 is 0 Å². The average molecular weight is 271 g/mol. The van der Waals surface area contributed by atoms with Crippen LogP contribution >= 0.6 is 15.9 Å². The number of hydrogen-bond donors (Lipinski definition) is 1. The molecule has 1 nitrogen and oxygen atoms in total. The van der Waals surface area contributed by atoms with Crippen LogP contribution in [0.3, 0.4) is 0 Å². The van der Waals surface area contributed by atoms with Crippen molar-refractivity contribution in [3.8, 4) is 0 Å². The van der Waals surface area contributed by atoms with E-state index in [4.69, 9.17) is 0 Å². The molecule has 0 fully saturated rings. The number of aliphatic hydroxyl groups is 1. The van der Waals surface area contributed by atoms with Gasteiger partial charge in [0.2, 0.25) is 0 Å². The summed E-state index contributed by atoms with van der Waals surface area (Å²) < 4.78 is 1.09. The number of hydrogen-bond acceptors (Lipinski definition) is 1. The molecule has 0 aromatic heterocycles. The zero-order valence-corrected chi connectivity index (χ0v) is 11.0. The van der Waals surface area contributed by atoms with E-state index in [0.29, 0.717) is 5.92 Å². The quantitative estimate of drug-likeness (QED) is 0.859. The minimum atomic E-state index is 0.242. The summed E-state index contributed by atoms with van der Waals surface area (Å²) in [6.45, 7) is 4.67. The lowest BCUT2D eigenvalue weighted by Gasteiger charge is -2.18. The molecule has 84 valence electrons. The van der Waals surface area contributed by atoms with Crippen LogP contribution in [0.2, 0.25) is 0 Å². The summed E-state index contributed by atoms with van der Waals surface area (Å²) in [6, 6.07) is 8.25. The molecular formula is C13H19BrO. The lowest BCUT2D eigenvalue weighted by atomic mass is 9.89. The fraction of sp³-hybridized carbons (Fsp3) is 0.538. The van der Waals surface area contributed by atoms with Crippen molar-refractivity contribution in [2.75, 3.05) is 6.61 Å². The molecule has 0 heterocycles. The van der Waals surface area contributed by atoms with Crippen molar-refractivity contribution in [1.29, 1.82) is 0 Å². The topological polar surface area (TPSA) is 20.2 Å². The van der Waals surface area contributed by atoms with Gasteiger partial charge in [-0.2, -0.15) is 0 Å². The van der Waals surface area contributed by atoms with Gasteiger partial charge in [0.15, 0.2) is 0 Å². The molecule has 0 aliphatic rings. The Kier molecular flexibility index (Phi) is 5.34. The van der Waals surface area contributed by atoms with Crippen LogP contribution in [-0.2, 0) is 0 Å². The van der Waals surface area contributed by atoms with E-state index in [0.717, 1.165) is 10.9 Å². The average Bonchev–Trinajstić information content (AvgIpc) is 2.27. The lowest BCUT2D eigenvalue weighted by Crippen LogP contribution is -2.08. The van der Waals surface area contributed by atoms with Gasteiger partial charge in [-0.25, -0.2) is 0 Å². The van der Waals surface area contributed by atoms with E-state index in [1.54, 1.807) is 0 Å². The second-order valence-electron chi connectivity index (χ2n) is 4.18. The van der Waals surface area contributed by atoms with Crippen LogP contribution in [0.5, 0.6) is 0 Å². The first-order valence-electron chi connectivity index (χ1n) is 5.53. The van der Waals surface area contributed by atoms with Gasteiger partial charge in [0, 0.05) is 17.0 Å². The summed E-state index contributed by atoms with van der Waals surface area (Å²) in [7, 11) is 0. The van der Waals surface area contributed by atoms with Gasteiger partial charge in [-0.1, -0.05) is 48.3 Å². The molecule has 0 saturated heterocycles. The van der Waals surface area contributed by atoms with E-state index >= 15 is 0 Å². The first-order valence-corrected chi connectivity index (χ1v) is 6.33. The molecule has 2 atom stereocenters. The summed E-state index contributed by atoms with van der Waals surface area (Å²) in [5.74, 6) is 0.957. The molecule has 0 amide bonds. The van der Waals surface area contributed by atoms with Gasteiger partial charge in [-0.3, -0.25) is 0 Å². The van der Waals surface area contributed by atoms with Crippen molar-refractivity contribution in [3.63, 3.8) is 0 Å². The highest BCUT2D eigenvalue weighted by Crippen LogP contribution is 2.25. The Bertz CT molecular complexity index is 281. The monoisotopic (exact) mass is 270 g/mol. The summed E-state index contributed by atoms with van der Waals surface area (Å²) in [6.07, 6.45) is 2.24. The predicted molar refractivity (Wildman–Crippen MR) is 68.0 cm³/mol. The number of rotatable bonds is 5. The Labute approximate surface area is 101 Å². The third-order valence-electron chi connectivity index (χ3n) is 2.95. The summed E-state index contributed by atoms with van der Waals surface area (Å²) in [5, 5.41) is 9.38. The van der Waals surface area contributed by atoms with Crippen LogP contribution < -0.4 is 0 Å². The lowest BCUT2D eigenvalue weighted by molar-refractivity contribution is 0.245. The van der Waals surface area contributed by atoms with Crippen molar-refractivity contribution < 1.29 is 5.11 Å². The van der Waals surface area contributed by atoms with Crippen molar-refractivity contribution in [2.45, 2.75) is 32.6 Å². The van der Waals surface area contributed by atoms with Crippen LogP contribution in [0.15, 0.2) is 28.7 Å². The summed E-state index contributed by atoms with van der Waals surface area (Å²) in [5.41, 5.74) is 1.24. The fourth-order valence-corrected chi connectivity index (χ4v) is 1.97. The van der Waals surface area contributed by atoms with Crippen molar-refractivity contribution >= 4 is 15.9 Å². The normalized spacial score (nSPS) is 14.9. The number of halogens is 1. The molecule has 0 aliphatic carbocycles. The first-order chi connectivity index (χ1) is 7.17. The van der Waals surface area contributed by atoms with E-state index in [1.165, 1.54) is 12.0 Å². The zero-order valence-electron chi connectivity index (χ0n) is 9.41. The van der Waals surface area contributed by atoms with Gasteiger partial charge >= 0.3 is 0 Å². The molecule has 1 rings (SSSR count). The Morgan fingerprint density at radius 1 is 1.27 bits per heavy atom. The Morgan fingerprint density at radius 2 is 1.87 bits per heavy atom. The van der Waals surface area contributed by atoms with Gasteiger partial charge in [0.25, 0.3) is 0 Å². The van der Waals surface area contributed by atoms with Crippen molar-refractivity contribution in [3.05, 3.63) is 34.3 Å². The summed E-state index contributed by atoms with van der Waals surface area (Å²) >= 11 is 3.42. The maximum absolute atomic E-state index is 9.38. The highest BCUT2D eigenvalue weighted by Gasteiger charge is 2.13. The molecule has 0 bridgehead atoms. The zero-order chi connectivity index (χ0) is 11.3. The third-order valence-corrected chi connectivity index (χ3v) is 3.47. The Balaban J connectivity index is 2.69. The summed E-state index contributed by atoms with van der Waals surface area (Å²) in [4.78, 5) is 0. The molecule has 15 heavy (non-hydrogen) atoms. The van der Waals surface area contributed by atoms with Crippen LogP contribution in [-0.4, -0.2) is 11.7 Å². The molecule has 0 aliphatic heterocycles. The smallest absolute Gasteiger partial charge is 0.0499 e. The minimum absolute atomic E-state index is 0.242. The van der Waals surface area contributed by atoms with Gasteiger partial charge in [-0.15, -0.1) is 0 Å². The van der Waals surface area contributed by atoms with Crippen LogP contribution in [0.25, 0.3) is 0 Å². The highest BCUT2D eigenvalue weighted by molar-refractivity contribution is 9.10. The van der Waals surface area contributed by atoms with Crippen LogP contribution in [0.1, 0.15) is 38.2 Å². The molecular weight excluding hydrogens is 252 g/mol. The van der Waals surface area contributed by atoms with Gasteiger partial charge in [-0.05, 0) is 30.0 Å². The Hall–Kier alpha value is -0.340. The van der Waals surface area contributed by atoms with E-state index in [-0.39, 0.29) is 12.5 Å². The van der Waals surface area contributed by atoms with Crippen molar-refractivity contribution in [2.24, 2.45) is 5.92 Å². The molecule has 2 heteroatoms. The van der Waals surface area contributed by atoms with Crippen LogP contribution in [0.4, 0.5) is 0 Å². The van der Waals surface area contributed by atoms with Gasteiger partial charge < -0.3 is 5.11 Å². The van der Waals surface area contributed by atoms with Gasteiger partial charge in [0.05, 0.1) is 0 Å². The molecule has 0 spiro atoms. The highest BCUT2D eigenvalue weighted by atomic mass is 79.9. The second-order valence-corrected chi connectivity index (χ2v) is 5.10. The predicted octanol–water partition coefficient (Wildman–Crippen LogP) is 3.96. The van der Waals surface area contributed by atoms with Crippen LogP contribution in [0, 0.1) is 5.92 Å². The van der Waals surface area contributed by atoms with Gasteiger partial charge in [0.1, 0.15) is 0 Å². The molecule has 1 aromatic carbocycles. The largest absolute Gasteiger partial charge is 0.396 e. The first kappa shape index (κ1) is 12.7. The maximum Gasteiger partial charge on any atom is 0.0499 e. The maximum atomic E-state index is 9.38. The Morgan fingerprint density at radius 3 is 2.33 bits per heavy atom. The molecule has 0 radical (unpaired) electrons. The molecule has 1 aromatic rings. The molecule has 1 N–H and O–H groups in total. The molecule has 0 saturated carbocycles. The number of aliphatic hydroxyl groups excluding tert-OH is 1. The second kappa shape index (κ2) is 6.29. The van der Waals surface area contributed by atoms with Crippen molar-refractivity contribution in [1.82, 2.24) is 0 Å². The minimum Gasteiger partial charge on any atom is -0.396 e. The molecule has 2 unspecified atom stereocenters. The van der Waals surface area contributed by atoms with E-state index in [9.17, 15) is 5.11 Å².